The number of carbonyl (C=O) groups is 3. The fourth-order valence-electron chi connectivity index (χ4n) is 2.71. The molecule has 166 valence electrons. The van der Waals surface area contributed by atoms with Gasteiger partial charge in [0, 0.05) is 23.1 Å². The van der Waals surface area contributed by atoms with Gasteiger partial charge in [-0.15, -0.1) is 11.3 Å². The Balaban J connectivity index is 1.78. The second kappa shape index (κ2) is 10.4. The van der Waals surface area contributed by atoms with Crippen molar-refractivity contribution in [3.05, 3.63) is 64.7 Å². The zero-order valence-corrected chi connectivity index (χ0v) is 18.4. The van der Waals surface area contributed by atoms with Crippen LogP contribution in [0, 0.1) is 6.92 Å². The van der Waals surface area contributed by atoms with Gasteiger partial charge in [0.15, 0.2) is 23.2 Å². The minimum atomic E-state index is -0.820. The SMILES string of the molecule is COc1cc(NC(=O)c2ccccc2)c(C(=O)OCC(=O)Nc2nc(C)cs2)cc1OC. The Morgan fingerprint density at radius 2 is 1.69 bits per heavy atom. The first kappa shape index (κ1) is 22.8. The first-order valence-electron chi connectivity index (χ1n) is 9.42. The minimum Gasteiger partial charge on any atom is -0.493 e. The molecule has 0 saturated carbocycles. The summed E-state index contributed by atoms with van der Waals surface area (Å²) in [5.74, 6) is -1.21. The fraction of sp³-hybridized carbons (Fsp3) is 0.182. The van der Waals surface area contributed by atoms with Gasteiger partial charge in [-0.05, 0) is 19.1 Å². The van der Waals surface area contributed by atoms with Gasteiger partial charge in [-0.2, -0.15) is 0 Å². The highest BCUT2D eigenvalue weighted by Gasteiger charge is 2.21. The number of hydrogen-bond acceptors (Lipinski definition) is 8. The smallest absolute Gasteiger partial charge is 0.340 e. The van der Waals surface area contributed by atoms with Crippen LogP contribution in [-0.4, -0.2) is 43.6 Å². The molecule has 0 aliphatic carbocycles. The summed E-state index contributed by atoms with van der Waals surface area (Å²) in [6, 6.07) is 11.3. The van der Waals surface area contributed by atoms with Crippen molar-refractivity contribution in [2.75, 3.05) is 31.5 Å². The molecule has 9 nitrogen and oxygen atoms in total. The monoisotopic (exact) mass is 455 g/mol. The number of anilines is 2. The van der Waals surface area contributed by atoms with E-state index in [9.17, 15) is 14.4 Å². The highest BCUT2D eigenvalue weighted by molar-refractivity contribution is 7.13. The molecule has 0 aliphatic rings. The summed E-state index contributed by atoms with van der Waals surface area (Å²) in [5.41, 5.74) is 1.33. The van der Waals surface area contributed by atoms with E-state index in [-0.39, 0.29) is 17.0 Å². The number of nitrogens with one attached hydrogen (secondary N) is 2. The Labute approximate surface area is 188 Å². The zero-order valence-electron chi connectivity index (χ0n) is 17.6. The van der Waals surface area contributed by atoms with E-state index < -0.39 is 24.4 Å². The molecule has 1 aromatic heterocycles. The number of ether oxygens (including phenoxy) is 3. The largest absolute Gasteiger partial charge is 0.493 e. The predicted molar refractivity (Wildman–Crippen MR) is 120 cm³/mol. The van der Waals surface area contributed by atoms with E-state index >= 15 is 0 Å². The van der Waals surface area contributed by atoms with Crippen molar-refractivity contribution in [1.29, 1.82) is 0 Å². The summed E-state index contributed by atoms with van der Waals surface area (Å²) in [6.07, 6.45) is 0. The Bertz CT molecular complexity index is 1130. The molecule has 2 amide bonds. The predicted octanol–water partition coefficient (Wildman–Crippen LogP) is 3.52. The topological polar surface area (TPSA) is 116 Å². The Kier molecular flexibility index (Phi) is 7.40. The van der Waals surface area contributed by atoms with E-state index in [4.69, 9.17) is 14.2 Å². The molecule has 2 N–H and O–H groups in total. The highest BCUT2D eigenvalue weighted by atomic mass is 32.1. The van der Waals surface area contributed by atoms with Gasteiger partial charge in [0.1, 0.15) is 0 Å². The van der Waals surface area contributed by atoms with Crippen LogP contribution in [-0.2, 0) is 9.53 Å². The third-order valence-electron chi connectivity index (χ3n) is 4.23. The Morgan fingerprint density at radius 3 is 2.31 bits per heavy atom. The zero-order chi connectivity index (χ0) is 23.1. The van der Waals surface area contributed by atoms with Crippen molar-refractivity contribution in [1.82, 2.24) is 4.98 Å². The maximum absolute atomic E-state index is 12.7. The van der Waals surface area contributed by atoms with Crippen molar-refractivity contribution in [3.63, 3.8) is 0 Å². The first-order chi connectivity index (χ1) is 15.4. The van der Waals surface area contributed by atoms with Crippen molar-refractivity contribution >= 4 is 39.9 Å². The first-order valence-corrected chi connectivity index (χ1v) is 10.3. The number of esters is 1. The van der Waals surface area contributed by atoms with Gasteiger partial charge < -0.3 is 19.5 Å². The molecule has 10 heteroatoms. The van der Waals surface area contributed by atoms with Crippen molar-refractivity contribution in [2.24, 2.45) is 0 Å². The number of benzene rings is 2. The molecule has 0 spiro atoms. The molecule has 3 aromatic rings. The van der Waals surface area contributed by atoms with Gasteiger partial charge in [0.25, 0.3) is 11.8 Å². The Morgan fingerprint density at radius 1 is 1.00 bits per heavy atom. The molecule has 32 heavy (non-hydrogen) atoms. The van der Waals surface area contributed by atoms with Gasteiger partial charge in [0.05, 0.1) is 31.2 Å². The van der Waals surface area contributed by atoms with Gasteiger partial charge in [-0.25, -0.2) is 9.78 Å². The lowest BCUT2D eigenvalue weighted by Gasteiger charge is -2.15. The quantitative estimate of drug-likeness (QED) is 0.499. The third-order valence-corrected chi connectivity index (χ3v) is 5.10. The second-order valence-electron chi connectivity index (χ2n) is 6.49. The lowest BCUT2D eigenvalue weighted by molar-refractivity contribution is -0.119. The summed E-state index contributed by atoms with van der Waals surface area (Å²) in [4.78, 5) is 41.6. The van der Waals surface area contributed by atoms with Gasteiger partial charge in [0.2, 0.25) is 0 Å². The molecule has 0 bridgehead atoms. The Hall–Kier alpha value is -3.92. The molecule has 0 radical (unpaired) electrons. The molecule has 0 unspecified atom stereocenters. The number of aryl methyl sites for hydroxylation is 1. The standard InChI is InChI=1S/C22H21N3O6S/c1-13-12-32-22(23-13)25-19(26)11-31-21(28)15-9-17(29-2)18(30-3)10-16(15)24-20(27)14-7-5-4-6-8-14/h4-10,12H,11H2,1-3H3,(H,24,27)(H,23,25,26). The summed E-state index contributed by atoms with van der Waals surface area (Å²) in [7, 11) is 2.85. The van der Waals surface area contributed by atoms with E-state index in [1.54, 1.807) is 42.6 Å². The molecule has 1 heterocycles. The van der Waals surface area contributed by atoms with Crippen molar-refractivity contribution in [3.8, 4) is 11.5 Å². The van der Waals surface area contributed by atoms with Gasteiger partial charge in [-0.1, -0.05) is 18.2 Å². The lowest BCUT2D eigenvalue weighted by atomic mass is 10.1. The number of amides is 2. The van der Waals surface area contributed by atoms with Gasteiger partial charge >= 0.3 is 5.97 Å². The number of thiazole rings is 1. The number of nitrogens with zero attached hydrogens (tertiary/aromatic N) is 1. The fourth-order valence-corrected chi connectivity index (χ4v) is 3.42. The summed E-state index contributed by atoms with van der Waals surface area (Å²) in [5, 5.41) is 7.43. The number of hydrogen-bond donors (Lipinski definition) is 2. The average molecular weight is 455 g/mol. The summed E-state index contributed by atoms with van der Waals surface area (Å²) >= 11 is 1.26. The number of aromatic nitrogens is 1. The van der Waals surface area contributed by atoms with Crippen LogP contribution in [0.2, 0.25) is 0 Å². The third kappa shape index (κ3) is 5.61. The summed E-state index contributed by atoms with van der Waals surface area (Å²) in [6.45, 7) is 1.27. The van der Waals surface area contributed by atoms with E-state index in [1.807, 2.05) is 0 Å². The van der Waals surface area contributed by atoms with E-state index in [0.29, 0.717) is 16.4 Å². The number of methoxy groups -OCH3 is 2. The van der Waals surface area contributed by atoms with Crippen LogP contribution in [0.15, 0.2) is 47.8 Å². The van der Waals surface area contributed by atoms with E-state index in [2.05, 4.69) is 15.6 Å². The highest BCUT2D eigenvalue weighted by Crippen LogP contribution is 2.34. The normalized spacial score (nSPS) is 10.2. The molecule has 0 fully saturated rings. The molecular weight excluding hydrogens is 434 g/mol. The van der Waals surface area contributed by atoms with E-state index in [0.717, 1.165) is 5.69 Å². The minimum absolute atomic E-state index is 0.00447. The van der Waals surface area contributed by atoms with Crippen molar-refractivity contribution < 1.29 is 28.6 Å². The van der Waals surface area contributed by atoms with Crippen LogP contribution in [0.25, 0.3) is 0 Å². The van der Waals surface area contributed by atoms with Crippen LogP contribution >= 0.6 is 11.3 Å². The van der Waals surface area contributed by atoms with E-state index in [1.165, 1.54) is 37.7 Å². The maximum atomic E-state index is 12.7. The van der Waals surface area contributed by atoms with Crippen LogP contribution in [0.1, 0.15) is 26.4 Å². The van der Waals surface area contributed by atoms with Crippen LogP contribution in [0.5, 0.6) is 11.5 Å². The molecule has 0 saturated heterocycles. The number of carbonyl (C=O) groups excluding carboxylic acids is 3. The number of rotatable bonds is 8. The second-order valence-corrected chi connectivity index (χ2v) is 7.35. The molecular formula is C22H21N3O6S. The molecule has 3 rings (SSSR count). The molecule has 0 aliphatic heterocycles. The van der Waals surface area contributed by atoms with Crippen LogP contribution in [0.4, 0.5) is 10.8 Å². The lowest BCUT2D eigenvalue weighted by Crippen LogP contribution is -2.22. The average Bonchev–Trinajstić information content (AvgIpc) is 3.21. The van der Waals surface area contributed by atoms with Crippen LogP contribution < -0.4 is 20.1 Å². The van der Waals surface area contributed by atoms with Gasteiger partial charge in [-0.3, -0.25) is 14.9 Å². The molecule has 2 aromatic carbocycles. The maximum Gasteiger partial charge on any atom is 0.340 e. The summed E-state index contributed by atoms with van der Waals surface area (Å²) < 4.78 is 15.7. The van der Waals surface area contributed by atoms with Crippen molar-refractivity contribution in [2.45, 2.75) is 6.92 Å². The van der Waals surface area contributed by atoms with Crippen LogP contribution in [0.3, 0.4) is 0 Å². The molecule has 0 atom stereocenters.